The Labute approximate surface area is 129 Å². The molecule has 0 unspecified atom stereocenters. The number of benzene rings is 1. The van der Waals surface area contributed by atoms with Gasteiger partial charge in [-0.15, -0.1) is 0 Å². The maximum Gasteiger partial charge on any atom is 0.224 e. The molecule has 4 N–H and O–H groups in total. The van der Waals surface area contributed by atoms with Gasteiger partial charge < -0.3 is 15.8 Å². The van der Waals surface area contributed by atoms with Crippen molar-refractivity contribution in [2.45, 2.75) is 26.3 Å². The number of carbonyl (C=O) groups excluding carboxylic acids is 1. The van der Waals surface area contributed by atoms with E-state index in [1.165, 1.54) is 0 Å². The summed E-state index contributed by atoms with van der Waals surface area (Å²) >= 11 is 0. The number of ether oxygens (including phenoxy) is 1. The van der Waals surface area contributed by atoms with Crippen molar-refractivity contribution in [3.05, 3.63) is 30.1 Å². The molecule has 22 heavy (non-hydrogen) atoms. The third-order valence-electron chi connectivity index (χ3n) is 3.05. The second kappa shape index (κ2) is 8.26. The zero-order valence-corrected chi connectivity index (χ0v) is 12.6. The molecule has 7 nitrogen and oxygen atoms in total. The Hall–Kier alpha value is -2.25. The van der Waals surface area contributed by atoms with Crippen LogP contribution in [0.25, 0.3) is 11.4 Å². The number of carbonyl (C=O) groups is 1. The number of hydrogen-bond donors (Lipinski definition) is 3. The van der Waals surface area contributed by atoms with E-state index in [0.29, 0.717) is 37.8 Å². The molecule has 1 amide bonds. The van der Waals surface area contributed by atoms with Crippen molar-refractivity contribution in [2.24, 2.45) is 5.73 Å². The molecule has 0 radical (unpaired) electrons. The summed E-state index contributed by atoms with van der Waals surface area (Å²) in [6, 6.07) is 7.38. The van der Waals surface area contributed by atoms with Gasteiger partial charge in [0, 0.05) is 30.9 Å². The highest BCUT2D eigenvalue weighted by Gasteiger charge is 2.06. The lowest BCUT2D eigenvalue weighted by Crippen LogP contribution is -2.12. The van der Waals surface area contributed by atoms with Gasteiger partial charge in [-0.3, -0.25) is 9.89 Å². The van der Waals surface area contributed by atoms with Gasteiger partial charge in [0.15, 0.2) is 5.82 Å². The number of nitrogens with two attached hydrogens (primary N) is 1. The van der Waals surface area contributed by atoms with E-state index in [-0.39, 0.29) is 5.91 Å². The van der Waals surface area contributed by atoms with Crippen molar-refractivity contribution in [1.29, 1.82) is 0 Å². The average molecular weight is 303 g/mol. The quantitative estimate of drug-likeness (QED) is 0.643. The molecule has 0 spiro atoms. The summed E-state index contributed by atoms with van der Waals surface area (Å²) in [6.07, 6.45) is 1.17. The van der Waals surface area contributed by atoms with Crippen LogP contribution < -0.4 is 11.1 Å². The van der Waals surface area contributed by atoms with Gasteiger partial charge >= 0.3 is 0 Å². The standard InChI is InChI=1S/C15H21N5O2/c1-2-22-9-3-4-14(21)17-12-7-5-11(6-8-12)15-18-13(10-16)19-20-15/h5-8H,2-4,9-10,16H2,1H3,(H,17,21)(H,18,19,20). The van der Waals surface area contributed by atoms with Crippen molar-refractivity contribution >= 4 is 11.6 Å². The predicted octanol–water partition coefficient (Wildman–Crippen LogP) is 1.69. The lowest BCUT2D eigenvalue weighted by molar-refractivity contribution is -0.116. The number of aromatic amines is 1. The van der Waals surface area contributed by atoms with Crippen LogP contribution in [-0.2, 0) is 16.1 Å². The van der Waals surface area contributed by atoms with Gasteiger partial charge in [-0.05, 0) is 37.6 Å². The summed E-state index contributed by atoms with van der Waals surface area (Å²) in [6.45, 7) is 3.54. The number of H-pyrrole nitrogens is 1. The molecule has 0 aliphatic carbocycles. The maximum atomic E-state index is 11.8. The number of nitrogens with one attached hydrogen (secondary N) is 2. The number of rotatable bonds is 8. The van der Waals surface area contributed by atoms with Crippen molar-refractivity contribution in [3.8, 4) is 11.4 Å². The molecule has 2 rings (SSSR count). The summed E-state index contributed by atoms with van der Waals surface area (Å²) in [5.41, 5.74) is 7.10. The van der Waals surface area contributed by atoms with Crippen LogP contribution in [-0.4, -0.2) is 34.3 Å². The van der Waals surface area contributed by atoms with E-state index in [9.17, 15) is 4.79 Å². The average Bonchev–Trinajstić information content (AvgIpc) is 3.01. The number of hydrogen-bond acceptors (Lipinski definition) is 5. The number of anilines is 1. The summed E-state index contributed by atoms with van der Waals surface area (Å²) in [7, 11) is 0. The largest absolute Gasteiger partial charge is 0.382 e. The van der Waals surface area contributed by atoms with E-state index in [1.807, 2.05) is 31.2 Å². The van der Waals surface area contributed by atoms with Crippen LogP contribution in [0, 0.1) is 0 Å². The number of amides is 1. The molecule has 1 aromatic heterocycles. The van der Waals surface area contributed by atoms with Crippen LogP contribution >= 0.6 is 0 Å². The summed E-state index contributed by atoms with van der Waals surface area (Å²) in [4.78, 5) is 16.0. The fourth-order valence-electron chi connectivity index (χ4n) is 1.92. The molecule has 2 aromatic rings. The monoisotopic (exact) mass is 303 g/mol. The van der Waals surface area contributed by atoms with Crippen LogP contribution in [0.3, 0.4) is 0 Å². The van der Waals surface area contributed by atoms with Gasteiger partial charge in [-0.1, -0.05) is 0 Å². The van der Waals surface area contributed by atoms with E-state index in [1.54, 1.807) is 0 Å². The summed E-state index contributed by atoms with van der Waals surface area (Å²) < 4.78 is 5.20. The highest BCUT2D eigenvalue weighted by molar-refractivity contribution is 5.90. The topological polar surface area (TPSA) is 106 Å². The highest BCUT2D eigenvalue weighted by atomic mass is 16.5. The zero-order valence-electron chi connectivity index (χ0n) is 12.6. The molecule has 7 heteroatoms. The third kappa shape index (κ3) is 4.64. The number of nitrogens with zero attached hydrogens (tertiary/aromatic N) is 2. The second-order valence-corrected chi connectivity index (χ2v) is 4.74. The van der Waals surface area contributed by atoms with Crippen LogP contribution in [0.2, 0.25) is 0 Å². The van der Waals surface area contributed by atoms with Crippen molar-refractivity contribution < 1.29 is 9.53 Å². The van der Waals surface area contributed by atoms with E-state index < -0.39 is 0 Å². The first-order valence-corrected chi connectivity index (χ1v) is 7.32. The Kier molecular flexibility index (Phi) is 6.05. The SMILES string of the molecule is CCOCCCC(=O)Nc1ccc(-c2n[nH]c(CN)n2)cc1. The Morgan fingerprint density at radius 3 is 2.77 bits per heavy atom. The third-order valence-corrected chi connectivity index (χ3v) is 3.05. The van der Waals surface area contributed by atoms with Crippen LogP contribution in [0.4, 0.5) is 5.69 Å². The predicted molar refractivity (Wildman–Crippen MR) is 84.1 cm³/mol. The van der Waals surface area contributed by atoms with Gasteiger partial charge in [-0.25, -0.2) is 4.98 Å². The van der Waals surface area contributed by atoms with Crippen molar-refractivity contribution in [2.75, 3.05) is 18.5 Å². The normalized spacial score (nSPS) is 10.6. The molecule has 0 atom stereocenters. The molecule has 1 aromatic carbocycles. The van der Waals surface area contributed by atoms with E-state index in [0.717, 1.165) is 17.7 Å². The first-order valence-electron chi connectivity index (χ1n) is 7.32. The molecule has 118 valence electrons. The Bertz CT molecular complexity index is 594. The smallest absolute Gasteiger partial charge is 0.224 e. The van der Waals surface area contributed by atoms with Gasteiger partial charge in [0.05, 0.1) is 6.54 Å². The minimum absolute atomic E-state index is 0.0178. The summed E-state index contributed by atoms with van der Waals surface area (Å²) in [5.74, 6) is 1.22. The highest BCUT2D eigenvalue weighted by Crippen LogP contribution is 2.18. The van der Waals surface area contributed by atoms with Crippen molar-refractivity contribution in [3.63, 3.8) is 0 Å². The molecule has 1 heterocycles. The Morgan fingerprint density at radius 1 is 1.36 bits per heavy atom. The van der Waals surface area contributed by atoms with Crippen molar-refractivity contribution in [1.82, 2.24) is 15.2 Å². The molecular formula is C15H21N5O2. The van der Waals surface area contributed by atoms with E-state index in [2.05, 4.69) is 20.5 Å². The van der Waals surface area contributed by atoms with E-state index in [4.69, 9.17) is 10.5 Å². The lowest BCUT2D eigenvalue weighted by Gasteiger charge is -2.06. The second-order valence-electron chi connectivity index (χ2n) is 4.74. The molecule has 0 saturated heterocycles. The van der Waals surface area contributed by atoms with Crippen LogP contribution in [0.5, 0.6) is 0 Å². The summed E-state index contributed by atoms with van der Waals surface area (Å²) in [5, 5.41) is 9.71. The van der Waals surface area contributed by atoms with Gasteiger partial charge in [0.1, 0.15) is 5.82 Å². The number of aromatic nitrogens is 3. The molecular weight excluding hydrogens is 282 g/mol. The fourth-order valence-corrected chi connectivity index (χ4v) is 1.92. The minimum atomic E-state index is -0.0178. The Morgan fingerprint density at radius 2 is 2.14 bits per heavy atom. The molecule has 0 bridgehead atoms. The molecule has 0 saturated carbocycles. The lowest BCUT2D eigenvalue weighted by atomic mass is 10.2. The first kappa shape index (κ1) is 16.1. The molecule has 0 fully saturated rings. The fraction of sp³-hybridized carbons (Fsp3) is 0.400. The zero-order chi connectivity index (χ0) is 15.8. The maximum absolute atomic E-state index is 11.8. The van der Waals surface area contributed by atoms with Crippen LogP contribution in [0.15, 0.2) is 24.3 Å². The van der Waals surface area contributed by atoms with Crippen LogP contribution in [0.1, 0.15) is 25.6 Å². The minimum Gasteiger partial charge on any atom is -0.382 e. The molecule has 0 aliphatic rings. The van der Waals surface area contributed by atoms with E-state index >= 15 is 0 Å². The molecule has 0 aliphatic heterocycles. The first-order chi connectivity index (χ1) is 10.7. The Balaban J connectivity index is 1.87. The van der Waals surface area contributed by atoms with Gasteiger partial charge in [0.25, 0.3) is 0 Å². The van der Waals surface area contributed by atoms with Gasteiger partial charge in [0.2, 0.25) is 5.91 Å². The van der Waals surface area contributed by atoms with Gasteiger partial charge in [-0.2, -0.15) is 5.10 Å².